The normalized spacial score (nSPS) is 18.9. The molecule has 82 valence electrons. The van der Waals surface area contributed by atoms with Gasteiger partial charge in [-0.25, -0.2) is 0 Å². The summed E-state index contributed by atoms with van der Waals surface area (Å²) in [6.45, 7) is 0.973. The molecule has 0 fully saturated rings. The minimum absolute atomic E-state index is 0.328. The van der Waals surface area contributed by atoms with Gasteiger partial charge in [0.15, 0.2) is 6.29 Å². The molecule has 0 bridgehead atoms. The minimum atomic E-state index is 0.328. The second-order valence-corrected chi connectivity index (χ2v) is 4.53. The van der Waals surface area contributed by atoms with Crippen LogP contribution in [0.25, 0.3) is 10.9 Å². The Hall–Kier alpha value is -1.28. The first-order valence-electron chi connectivity index (χ1n) is 5.49. The lowest BCUT2D eigenvalue weighted by Gasteiger charge is -2.04. The van der Waals surface area contributed by atoms with Crippen molar-refractivity contribution in [2.75, 3.05) is 5.88 Å². The Kier molecular flexibility index (Phi) is 2.25. The van der Waals surface area contributed by atoms with E-state index in [1.165, 1.54) is 0 Å². The molecule has 1 aliphatic heterocycles. The van der Waals surface area contributed by atoms with Crippen molar-refractivity contribution in [3.63, 3.8) is 0 Å². The van der Waals surface area contributed by atoms with Gasteiger partial charge in [0, 0.05) is 40.5 Å². The fourth-order valence-corrected chi connectivity index (χ4v) is 3.03. The highest BCUT2D eigenvalue weighted by atomic mass is 35.5. The largest absolute Gasteiger partial charge is 0.344 e. The third-order valence-corrected chi connectivity index (χ3v) is 3.82. The lowest BCUT2D eigenvalue weighted by molar-refractivity contribution is 0.112. The van der Waals surface area contributed by atoms with E-state index in [1.807, 2.05) is 18.2 Å². The Balaban J connectivity index is 2.38. The number of aromatic nitrogens is 1. The molecule has 2 heterocycles. The number of para-hydroxylation sites is 1. The van der Waals surface area contributed by atoms with Crippen LogP contribution >= 0.6 is 11.6 Å². The number of carbonyl (C=O) groups excluding carboxylic acids is 1. The first-order valence-corrected chi connectivity index (χ1v) is 6.02. The molecular formula is C13H12ClNO. The first-order chi connectivity index (χ1) is 7.86. The number of aldehydes is 1. The van der Waals surface area contributed by atoms with Crippen molar-refractivity contribution in [2.45, 2.75) is 18.9 Å². The maximum Gasteiger partial charge on any atom is 0.152 e. The zero-order valence-electron chi connectivity index (χ0n) is 8.82. The number of aryl methyl sites for hydroxylation is 1. The van der Waals surface area contributed by atoms with E-state index >= 15 is 0 Å². The van der Waals surface area contributed by atoms with Gasteiger partial charge in [-0.3, -0.25) is 4.79 Å². The Morgan fingerprint density at radius 3 is 3.00 bits per heavy atom. The molecule has 3 rings (SSSR count). The highest BCUT2D eigenvalue weighted by Gasteiger charge is 2.28. The molecule has 1 aromatic carbocycles. The summed E-state index contributed by atoms with van der Waals surface area (Å²) in [5.41, 5.74) is 3.12. The molecule has 1 unspecified atom stereocenters. The second kappa shape index (κ2) is 3.63. The lowest BCUT2D eigenvalue weighted by Crippen LogP contribution is -1.98. The summed E-state index contributed by atoms with van der Waals surface area (Å²) >= 11 is 5.96. The van der Waals surface area contributed by atoms with Crippen molar-refractivity contribution < 1.29 is 4.79 Å². The van der Waals surface area contributed by atoms with Crippen LogP contribution in [0, 0.1) is 0 Å². The van der Waals surface area contributed by atoms with Gasteiger partial charge in [0.05, 0.1) is 0 Å². The van der Waals surface area contributed by atoms with Crippen molar-refractivity contribution in [1.82, 2.24) is 4.57 Å². The summed E-state index contributed by atoms with van der Waals surface area (Å²) in [5, 5.41) is 1.06. The van der Waals surface area contributed by atoms with Crippen molar-refractivity contribution >= 4 is 28.8 Å². The van der Waals surface area contributed by atoms with E-state index in [1.54, 1.807) is 0 Å². The van der Waals surface area contributed by atoms with E-state index in [-0.39, 0.29) is 0 Å². The van der Waals surface area contributed by atoms with Gasteiger partial charge in [-0.05, 0) is 12.5 Å². The van der Waals surface area contributed by atoms with E-state index in [0.717, 1.165) is 41.4 Å². The molecule has 0 saturated heterocycles. The summed E-state index contributed by atoms with van der Waals surface area (Å²) < 4.78 is 2.24. The van der Waals surface area contributed by atoms with Crippen LogP contribution < -0.4 is 0 Å². The summed E-state index contributed by atoms with van der Waals surface area (Å²) in [4.78, 5) is 11.2. The summed E-state index contributed by atoms with van der Waals surface area (Å²) in [6, 6.07) is 8.07. The van der Waals surface area contributed by atoms with Crippen LogP contribution in [0.3, 0.4) is 0 Å². The molecule has 0 aliphatic carbocycles. The number of hydrogen-bond acceptors (Lipinski definition) is 1. The fourth-order valence-electron chi connectivity index (χ4n) is 2.73. The van der Waals surface area contributed by atoms with Crippen molar-refractivity contribution in [1.29, 1.82) is 0 Å². The predicted octanol–water partition coefficient (Wildman–Crippen LogP) is 3.18. The van der Waals surface area contributed by atoms with Crippen LogP contribution in [0.5, 0.6) is 0 Å². The quantitative estimate of drug-likeness (QED) is 0.577. The van der Waals surface area contributed by atoms with Gasteiger partial charge in [-0.15, -0.1) is 11.6 Å². The van der Waals surface area contributed by atoms with Crippen LogP contribution in [0.1, 0.15) is 28.4 Å². The number of fused-ring (bicyclic) bond motifs is 3. The monoisotopic (exact) mass is 233 g/mol. The van der Waals surface area contributed by atoms with E-state index in [0.29, 0.717) is 11.8 Å². The Bertz CT molecular complexity index is 558. The number of halogens is 1. The van der Waals surface area contributed by atoms with Crippen LogP contribution in [0.2, 0.25) is 0 Å². The number of rotatable bonds is 2. The average molecular weight is 234 g/mol. The molecule has 2 nitrogen and oxygen atoms in total. The maximum atomic E-state index is 11.2. The standard InChI is InChI=1S/C13H12ClNO/c14-7-9-5-6-15-12-4-2-1-3-10(12)11(8-16)13(9)15/h1-4,8-9H,5-7H2. The van der Waals surface area contributed by atoms with Crippen molar-refractivity contribution in [3.05, 3.63) is 35.5 Å². The molecule has 0 N–H and O–H groups in total. The average Bonchev–Trinajstić information content (AvgIpc) is 2.86. The maximum absolute atomic E-state index is 11.2. The third kappa shape index (κ3) is 1.17. The summed E-state index contributed by atoms with van der Waals surface area (Å²) in [6.07, 6.45) is 2.02. The van der Waals surface area contributed by atoms with E-state index in [9.17, 15) is 4.79 Å². The Morgan fingerprint density at radius 2 is 2.25 bits per heavy atom. The molecule has 0 amide bonds. The van der Waals surface area contributed by atoms with Gasteiger partial charge >= 0.3 is 0 Å². The molecule has 0 saturated carbocycles. The Labute approximate surface area is 98.8 Å². The number of nitrogens with zero attached hydrogens (tertiary/aromatic N) is 1. The third-order valence-electron chi connectivity index (χ3n) is 3.44. The number of hydrogen-bond donors (Lipinski definition) is 0. The van der Waals surface area contributed by atoms with Gasteiger partial charge in [0.25, 0.3) is 0 Å². The van der Waals surface area contributed by atoms with Gasteiger partial charge in [0.2, 0.25) is 0 Å². The lowest BCUT2D eigenvalue weighted by atomic mass is 10.0. The van der Waals surface area contributed by atoms with Crippen LogP contribution in [-0.4, -0.2) is 16.7 Å². The number of alkyl halides is 1. The van der Waals surface area contributed by atoms with Crippen molar-refractivity contribution in [2.24, 2.45) is 0 Å². The zero-order chi connectivity index (χ0) is 11.1. The molecule has 1 atom stereocenters. The molecule has 1 aliphatic rings. The summed E-state index contributed by atoms with van der Waals surface area (Å²) in [7, 11) is 0. The van der Waals surface area contributed by atoms with E-state index < -0.39 is 0 Å². The fraction of sp³-hybridized carbons (Fsp3) is 0.308. The van der Waals surface area contributed by atoms with Gasteiger partial charge in [-0.2, -0.15) is 0 Å². The minimum Gasteiger partial charge on any atom is -0.344 e. The van der Waals surface area contributed by atoms with E-state index in [2.05, 4.69) is 10.6 Å². The van der Waals surface area contributed by atoms with E-state index in [4.69, 9.17) is 11.6 Å². The SMILES string of the molecule is O=Cc1c2n(c3ccccc13)CCC2CCl. The second-order valence-electron chi connectivity index (χ2n) is 4.23. The topological polar surface area (TPSA) is 22.0 Å². The zero-order valence-corrected chi connectivity index (χ0v) is 9.57. The molecule has 3 heteroatoms. The smallest absolute Gasteiger partial charge is 0.152 e. The highest BCUT2D eigenvalue weighted by Crippen LogP contribution is 2.37. The van der Waals surface area contributed by atoms with Gasteiger partial charge in [-0.1, -0.05) is 18.2 Å². The molecule has 1 aromatic heterocycles. The highest BCUT2D eigenvalue weighted by molar-refractivity contribution is 6.18. The van der Waals surface area contributed by atoms with Crippen LogP contribution in [-0.2, 0) is 6.54 Å². The molecule has 0 spiro atoms. The molecule has 0 radical (unpaired) electrons. The first kappa shape index (κ1) is 9.91. The Morgan fingerprint density at radius 1 is 1.44 bits per heavy atom. The van der Waals surface area contributed by atoms with Gasteiger partial charge in [0.1, 0.15) is 0 Å². The molecular weight excluding hydrogens is 222 g/mol. The van der Waals surface area contributed by atoms with Crippen LogP contribution in [0.4, 0.5) is 0 Å². The van der Waals surface area contributed by atoms with Crippen molar-refractivity contribution in [3.8, 4) is 0 Å². The molecule has 16 heavy (non-hydrogen) atoms. The predicted molar refractivity (Wildman–Crippen MR) is 65.4 cm³/mol. The summed E-state index contributed by atoms with van der Waals surface area (Å²) in [5.74, 6) is 0.922. The molecule has 2 aromatic rings. The van der Waals surface area contributed by atoms with Crippen LogP contribution in [0.15, 0.2) is 24.3 Å². The number of benzene rings is 1. The van der Waals surface area contributed by atoms with Gasteiger partial charge < -0.3 is 4.57 Å². The number of carbonyl (C=O) groups is 1.